The maximum absolute atomic E-state index is 10.1. The molecule has 1 rings (SSSR count). The maximum Gasteiger partial charge on any atom is 0.320 e. The van der Waals surface area contributed by atoms with E-state index in [0.717, 1.165) is 0 Å². The number of aliphatic hydroxyl groups is 1. The number of hydroxylamine groups is 1. The number of carbonyl (C=O) groups excluding carboxylic acids is 1. The third-order valence-electron chi connectivity index (χ3n) is 2.00. The van der Waals surface area contributed by atoms with Crippen LogP contribution in [0.2, 0.25) is 0 Å². The van der Waals surface area contributed by atoms with Crippen molar-refractivity contribution < 1.29 is 19.4 Å². The van der Waals surface area contributed by atoms with E-state index < -0.39 is 6.10 Å². The summed E-state index contributed by atoms with van der Waals surface area (Å²) in [5, 5.41) is 19.8. The molecule has 0 saturated heterocycles. The average molecular weight is 289 g/mol. The van der Waals surface area contributed by atoms with Crippen molar-refractivity contribution in [2.75, 3.05) is 30.9 Å². The van der Waals surface area contributed by atoms with Gasteiger partial charge in [-0.05, 0) is 16.6 Å². The molecule has 1 atom stereocenters. The molecule has 1 aromatic heterocycles. The summed E-state index contributed by atoms with van der Waals surface area (Å²) in [6.07, 6.45) is 1.37. The van der Waals surface area contributed by atoms with Gasteiger partial charge < -0.3 is 15.3 Å². The first kappa shape index (κ1) is 15.2. The summed E-state index contributed by atoms with van der Waals surface area (Å²) in [6.45, 7) is 0.502. The second-order valence-electron chi connectivity index (χ2n) is 3.34. The first-order chi connectivity index (χ1) is 9.22. The monoisotopic (exact) mass is 289 g/mol. The molecule has 0 radical (unpaired) electrons. The molecule has 1 unspecified atom stereocenters. The molecule has 0 aliphatic carbocycles. The van der Waals surface area contributed by atoms with Crippen LogP contribution in [0.5, 0.6) is 0 Å². The maximum atomic E-state index is 10.1. The summed E-state index contributed by atoms with van der Waals surface area (Å²) in [4.78, 5) is 18.3. The van der Waals surface area contributed by atoms with Gasteiger partial charge in [-0.15, -0.1) is 0 Å². The van der Waals surface area contributed by atoms with Gasteiger partial charge in [-0.3, -0.25) is 9.79 Å². The Morgan fingerprint density at radius 1 is 1.68 bits per heavy atom. The molecule has 9 nitrogen and oxygen atoms in total. The van der Waals surface area contributed by atoms with Crippen molar-refractivity contribution in [1.29, 1.82) is 0 Å². The molecule has 3 N–H and O–H groups in total. The zero-order chi connectivity index (χ0) is 14.1. The molecule has 0 saturated carbocycles. The van der Waals surface area contributed by atoms with Gasteiger partial charge in [0.2, 0.25) is 5.82 Å². The number of thioether (sulfide) groups is 1. The first-order valence-electron chi connectivity index (χ1n) is 5.28. The van der Waals surface area contributed by atoms with Crippen molar-refractivity contribution in [3.8, 4) is 0 Å². The predicted molar refractivity (Wildman–Crippen MR) is 69.9 cm³/mol. The Kier molecular flexibility index (Phi) is 6.68. The molecule has 1 heterocycles. The molecule has 0 aliphatic heterocycles. The number of aliphatic imine (C=N–C) groups is 1. The first-order valence-corrected chi connectivity index (χ1v) is 6.68. The van der Waals surface area contributed by atoms with Crippen LogP contribution in [-0.2, 0) is 9.63 Å². The lowest BCUT2D eigenvalue weighted by Gasteiger charge is -2.10. The van der Waals surface area contributed by atoms with Crippen molar-refractivity contribution in [3.63, 3.8) is 0 Å². The summed E-state index contributed by atoms with van der Waals surface area (Å²) in [5.41, 5.74) is 2.54. The summed E-state index contributed by atoms with van der Waals surface area (Å²) in [7, 11) is 1.48. The number of aliphatic hydroxyl groups excluding tert-OH is 1. The molecule has 19 heavy (non-hydrogen) atoms. The number of amidine groups is 1. The predicted octanol–water partition coefficient (Wildman–Crippen LogP) is -0.741. The van der Waals surface area contributed by atoms with E-state index in [0.29, 0.717) is 11.6 Å². The van der Waals surface area contributed by atoms with Crippen molar-refractivity contribution in [2.45, 2.75) is 6.10 Å². The Labute approximate surface area is 113 Å². The van der Waals surface area contributed by atoms with Gasteiger partial charge in [-0.25, -0.2) is 4.63 Å². The van der Waals surface area contributed by atoms with Crippen LogP contribution in [0.4, 0.5) is 5.82 Å². The van der Waals surface area contributed by atoms with E-state index in [1.165, 1.54) is 18.8 Å². The normalized spacial score (nSPS) is 12.9. The second-order valence-corrected chi connectivity index (χ2v) is 4.25. The third kappa shape index (κ3) is 4.75. The van der Waals surface area contributed by atoms with Gasteiger partial charge in [-0.2, -0.15) is 17.2 Å². The summed E-state index contributed by atoms with van der Waals surface area (Å²) >= 11 is 1.53. The Bertz CT molecular complexity index is 424. The lowest BCUT2D eigenvalue weighted by molar-refractivity contribution is -0.132. The van der Waals surface area contributed by atoms with E-state index in [1.54, 1.807) is 0 Å². The zero-order valence-electron chi connectivity index (χ0n) is 10.5. The molecule has 0 aromatic carbocycles. The summed E-state index contributed by atoms with van der Waals surface area (Å²) in [6, 6.07) is 0. The van der Waals surface area contributed by atoms with Crippen LogP contribution >= 0.6 is 11.8 Å². The standard InChI is InChI=1S/C9H15N5O4S/c1-10-8(13-17-5-15)7-9(14-18-12-7)11-3-6(16)4-19-2/h5-6,16H,3-4H2,1-2H3,(H,10,13)(H,11,14). The molecule has 0 fully saturated rings. The number of nitrogens with zero attached hydrogens (tertiary/aromatic N) is 3. The minimum Gasteiger partial charge on any atom is -0.390 e. The van der Waals surface area contributed by atoms with Gasteiger partial charge >= 0.3 is 6.47 Å². The van der Waals surface area contributed by atoms with Crippen LogP contribution < -0.4 is 10.8 Å². The quantitative estimate of drug-likeness (QED) is 0.246. The number of hydrogen-bond donors (Lipinski definition) is 3. The molecule has 106 valence electrons. The fraction of sp³-hybridized carbons (Fsp3) is 0.556. The molecule has 0 spiro atoms. The van der Waals surface area contributed by atoms with Gasteiger partial charge in [0.05, 0.1) is 6.10 Å². The summed E-state index contributed by atoms with van der Waals surface area (Å²) < 4.78 is 4.59. The van der Waals surface area contributed by atoms with Crippen LogP contribution in [0.1, 0.15) is 5.69 Å². The number of hydrogen-bond acceptors (Lipinski definition) is 9. The largest absolute Gasteiger partial charge is 0.390 e. The van der Waals surface area contributed by atoms with E-state index in [4.69, 9.17) is 0 Å². The van der Waals surface area contributed by atoms with Gasteiger partial charge in [-0.1, -0.05) is 0 Å². The van der Waals surface area contributed by atoms with Crippen LogP contribution in [0.3, 0.4) is 0 Å². The van der Waals surface area contributed by atoms with Crippen LogP contribution in [-0.4, -0.2) is 59.4 Å². The van der Waals surface area contributed by atoms with Crippen molar-refractivity contribution in [3.05, 3.63) is 5.69 Å². The highest BCUT2D eigenvalue weighted by molar-refractivity contribution is 7.98. The highest BCUT2D eigenvalue weighted by Crippen LogP contribution is 2.10. The second kappa shape index (κ2) is 8.32. The molecular formula is C9H15N5O4S. The van der Waals surface area contributed by atoms with Gasteiger partial charge in [0, 0.05) is 19.3 Å². The van der Waals surface area contributed by atoms with E-state index in [1.807, 2.05) is 6.26 Å². The van der Waals surface area contributed by atoms with E-state index in [-0.39, 0.29) is 24.5 Å². The average Bonchev–Trinajstić information content (AvgIpc) is 2.86. The Morgan fingerprint density at radius 3 is 3.11 bits per heavy atom. The Balaban J connectivity index is 2.65. The topological polar surface area (TPSA) is 122 Å². The number of aromatic nitrogens is 2. The number of anilines is 1. The van der Waals surface area contributed by atoms with Crippen LogP contribution in [0.15, 0.2) is 9.62 Å². The third-order valence-corrected chi connectivity index (χ3v) is 2.72. The van der Waals surface area contributed by atoms with Gasteiger partial charge in [0.15, 0.2) is 11.5 Å². The van der Waals surface area contributed by atoms with Crippen molar-refractivity contribution in [2.24, 2.45) is 4.99 Å². The highest BCUT2D eigenvalue weighted by Gasteiger charge is 2.17. The Morgan fingerprint density at radius 2 is 2.47 bits per heavy atom. The molecule has 0 amide bonds. The Hall–Kier alpha value is -1.81. The lowest BCUT2D eigenvalue weighted by Crippen LogP contribution is -2.27. The van der Waals surface area contributed by atoms with Crippen molar-refractivity contribution >= 4 is 29.9 Å². The minimum atomic E-state index is -0.527. The van der Waals surface area contributed by atoms with Gasteiger partial charge in [0.1, 0.15) is 0 Å². The number of rotatable bonds is 8. The minimum absolute atomic E-state index is 0.176. The fourth-order valence-electron chi connectivity index (χ4n) is 1.21. The highest BCUT2D eigenvalue weighted by atomic mass is 32.2. The van der Waals surface area contributed by atoms with E-state index in [2.05, 4.69) is 35.6 Å². The van der Waals surface area contributed by atoms with E-state index >= 15 is 0 Å². The molecule has 10 heteroatoms. The van der Waals surface area contributed by atoms with Crippen LogP contribution in [0, 0.1) is 0 Å². The molecule has 0 aliphatic rings. The van der Waals surface area contributed by atoms with Crippen LogP contribution in [0.25, 0.3) is 0 Å². The number of nitrogens with one attached hydrogen (secondary N) is 2. The molecular weight excluding hydrogens is 274 g/mol. The zero-order valence-corrected chi connectivity index (χ0v) is 11.3. The van der Waals surface area contributed by atoms with E-state index in [9.17, 15) is 9.90 Å². The molecule has 0 bridgehead atoms. The summed E-state index contributed by atoms with van der Waals surface area (Å²) in [5.74, 6) is 1.06. The fourth-order valence-corrected chi connectivity index (χ4v) is 1.71. The van der Waals surface area contributed by atoms with Gasteiger partial charge in [0.25, 0.3) is 0 Å². The molecule has 1 aromatic rings. The smallest absolute Gasteiger partial charge is 0.320 e. The van der Waals surface area contributed by atoms with Crippen molar-refractivity contribution in [1.82, 2.24) is 15.8 Å². The lowest BCUT2D eigenvalue weighted by atomic mass is 10.3. The SMILES string of the molecule is CN=C(NOC=O)c1nonc1NCC(O)CSC. The number of carbonyl (C=O) groups is 1.